The number of allylic oxidation sites excluding steroid dienone is 1. The Bertz CT molecular complexity index is 932. The molecule has 0 atom stereocenters. The maximum absolute atomic E-state index is 11.0. The number of nitrogens with one attached hydrogen (secondary N) is 1. The third kappa shape index (κ3) is 3.89. The molecule has 0 aliphatic carbocycles. The lowest BCUT2D eigenvalue weighted by molar-refractivity contribution is 1.33. The number of hydrogen-bond acceptors (Lipinski definition) is 4. The van der Waals surface area contributed by atoms with Gasteiger partial charge in [0.05, 0.1) is 11.2 Å². The Kier molecular flexibility index (Phi) is 4.55. The molecule has 2 aromatic carbocycles. The van der Waals surface area contributed by atoms with Crippen LogP contribution in [0.2, 0.25) is 0 Å². The van der Waals surface area contributed by atoms with Crippen LogP contribution in [-0.2, 0) is 0 Å². The first kappa shape index (κ1) is 14.7. The maximum Gasteiger partial charge on any atom is 0.270 e. The molecular formula is C19H15N3O. The fourth-order valence-electron chi connectivity index (χ4n) is 2.16. The van der Waals surface area contributed by atoms with Crippen LogP contribution in [0.3, 0.4) is 0 Å². The molecule has 0 spiro atoms. The fraction of sp³-hybridized carbons (Fsp3) is 0. The van der Waals surface area contributed by atoms with E-state index in [0.717, 1.165) is 16.6 Å². The summed E-state index contributed by atoms with van der Waals surface area (Å²) in [7, 11) is 0. The van der Waals surface area contributed by atoms with Gasteiger partial charge < -0.3 is 0 Å². The molecule has 2 heterocycles. The van der Waals surface area contributed by atoms with Crippen LogP contribution in [0.25, 0.3) is 17.0 Å². The SMILES string of the molecule is C1=Cc2ccccc2NN=C1.O=c1cccc2ccccc2n1. The standard InChI is InChI=1S/C10H7NO.C9H8N2/c12-10-7-3-5-8-4-1-2-6-9(8)11-10;1-2-6-9-8(4-1)5-3-7-10-11-9/h1-7H;1-7,11H. The molecule has 0 fully saturated rings. The molecular weight excluding hydrogens is 286 g/mol. The Balaban J connectivity index is 0.000000136. The Morgan fingerprint density at radius 2 is 1.61 bits per heavy atom. The van der Waals surface area contributed by atoms with Gasteiger partial charge in [-0.15, -0.1) is 0 Å². The first-order valence-corrected chi connectivity index (χ1v) is 7.24. The molecule has 4 heteroatoms. The lowest BCUT2D eigenvalue weighted by atomic mass is 10.2. The van der Waals surface area contributed by atoms with E-state index in [0.29, 0.717) is 0 Å². The molecule has 0 bridgehead atoms. The van der Waals surface area contributed by atoms with Crippen LogP contribution in [0.1, 0.15) is 5.56 Å². The molecule has 4 rings (SSSR count). The summed E-state index contributed by atoms with van der Waals surface area (Å²) in [6.45, 7) is 0. The second-order valence-corrected chi connectivity index (χ2v) is 4.87. The monoisotopic (exact) mass is 301 g/mol. The zero-order chi connectivity index (χ0) is 15.9. The van der Waals surface area contributed by atoms with Crippen LogP contribution in [0, 0.1) is 0 Å². The number of benzene rings is 2. The number of hydrogen-bond donors (Lipinski definition) is 1. The van der Waals surface area contributed by atoms with Gasteiger partial charge in [-0.05, 0) is 23.8 Å². The molecule has 1 aliphatic rings. The van der Waals surface area contributed by atoms with Crippen molar-refractivity contribution >= 4 is 28.9 Å². The highest BCUT2D eigenvalue weighted by molar-refractivity contribution is 5.83. The fourth-order valence-corrected chi connectivity index (χ4v) is 2.16. The second-order valence-electron chi connectivity index (χ2n) is 4.87. The van der Waals surface area contributed by atoms with E-state index < -0.39 is 0 Å². The van der Waals surface area contributed by atoms with Gasteiger partial charge in [0, 0.05) is 17.7 Å². The smallest absolute Gasteiger partial charge is 0.270 e. The van der Waals surface area contributed by atoms with Crippen LogP contribution >= 0.6 is 0 Å². The summed E-state index contributed by atoms with van der Waals surface area (Å²) in [5.41, 5.74) is 5.70. The van der Waals surface area contributed by atoms with Gasteiger partial charge in [-0.3, -0.25) is 10.2 Å². The Morgan fingerprint density at radius 1 is 0.826 bits per heavy atom. The van der Waals surface area contributed by atoms with Crippen molar-refractivity contribution in [3.8, 4) is 0 Å². The highest BCUT2D eigenvalue weighted by Crippen LogP contribution is 2.17. The molecule has 0 saturated carbocycles. The van der Waals surface area contributed by atoms with Gasteiger partial charge >= 0.3 is 0 Å². The quantitative estimate of drug-likeness (QED) is 0.688. The third-order valence-corrected chi connectivity index (χ3v) is 3.26. The number of hydrazone groups is 1. The lowest BCUT2D eigenvalue weighted by Gasteiger charge is -2.00. The Morgan fingerprint density at radius 3 is 2.57 bits per heavy atom. The number of aromatic nitrogens is 1. The summed E-state index contributed by atoms with van der Waals surface area (Å²) < 4.78 is 0. The molecule has 3 aromatic rings. The van der Waals surface area contributed by atoms with Crippen molar-refractivity contribution in [1.82, 2.24) is 4.98 Å². The molecule has 0 amide bonds. The van der Waals surface area contributed by atoms with E-state index in [1.165, 1.54) is 11.6 Å². The molecule has 0 saturated heterocycles. The Hall–Kier alpha value is -3.27. The summed E-state index contributed by atoms with van der Waals surface area (Å²) in [6, 6.07) is 20.7. The van der Waals surface area contributed by atoms with Crippen LogP contribution in [0.4, 0.5) is 5.69 Å². The van der Waals surface area contributed by atoms with Gasteiger partial charge in [-0.2, -0.15) is 5.10 Å². The van der Waals surface area contributed by atoms with Crippen molar-refractivity contribution in [1.29, 1.82) is 0 Å². The van der Waals surface area contributed by atoms with Gasteiger partial charge in [0.25, 0.3) is 5.56 Å². The van der Waals surface area contributed by atoms with E-state index in [2.05, 4.69) is 15.5 Å². The molecule has 1 aromatic heterocycles. The van der Waals surface area contributed by atoms with E-state index in [4.69, 9.17) is 0 Å². The van der Waals surface area contributed by atoms with Gasteiger partial charge in [0.1, 0.15) is 0 Å². The van der Waals surface area contributed by atoms with Crippen molar-refractivity contribution in [2.75, 3.05) is 5.43 Å². The summed E-state index contributed by atoms with van der Waals surface area (Å²) >= 11 is 0. The number of rotatable bonds is 0. The second kappa shape index (κ2) is 7.13. The largest absolute Gasteiger partial charge is 0.278 e. The number of fused-ring (bicyclic) bond motifs is 2. The van der Waals surface area contributed by atoms with Crippen molar-refractivity contribution in [3.05, 3.63) is 88.7 Å². The first-order valence-electron chi connectivity index (χ1n) is 7.24. The number of para-hydroxylation sites is 2. The van der Waals surface area contributed by atoms with Crippen LogP contribution in [-0.4, -0.2) is 11.2 Å². The normalized spacial score (nSPS) is 11.7. The summed E-state index contributed by atoms with van der Waals surface area (Å²) in [4.78, 5) is 14.9. The van der Waals surface area contributed by atoms with Crippen LogP contribution in [0.5, 0.6) is 0 Å². The van der Waals surface area contributed by atoms with Crippen molar-refractivity contribution < 1.29 is 0 Å². The molecule has 23 heavy (non-hydrogen) atoms. The van der Waals surface area contributed by atoms with Crippen molar-refractivity contribution in [2.45, 2.75) is 0 Å². The molecule has 0 radical (unpaired) electrons. The van der Waals surface area contributed by atoms with Gasteiger partial charge in [-0.25, -0.2) is 4.98 Å². The molecule has 112 valence electrons. The predicted molar refractivity (Wildman–Crippen MR) is 95.6 cm³/mol. The lowest BCUT2D eigenvalue weighted by Crippen LogP contribution is -1.97. The minimum atomic E-state index is -0.198. The average Bonchev–Trinajstić information content (AvgIpc) is 2.92. The van der Waals surface area contributed by atoms with Gasteiger partial charge in [0.2, 0.25) is 0 Å². The maximum atomic E-state index is 11.0. The highest BCUT2D eigenvalue weighted by atomic mass is 16.1. The third-order valence-electron chi connectivity index (χ3n) is 3.26. The van der Waals surface area contributed by atoms with Crippen LogP contribution in [0.15, 0.2) is 82.7 Å². The highest BCUT2D eigenvalue weighted by Gasteiger charge is 1.96. The van der Waals surface area contributed by atoms with E-state index in [-0.39, 0.29) is 5.56 Å². The number of nitrogens with zero attached hydrogens (tertiary/aromatic N) is 2. The minimum Gasteiger partial charge on any atom is -0.278 e. The van der Waals surface area contributed by atoms with E-state index in [1.54, 1.807) is 12.3 Å². The van der Waals surface area contributed by atoms with Crippen molar-refractivity contribution in [3.63, 3.8) is 0 Å². The molecule has 0 unspecified atom stereocenters. The van der Waals surface area contributed by atoms with Gasteiger partial charge in [0.15, 0.2) is 0 Å². The van der Waals surface area contributed by atoms with E-state index in [9.17, 15) is 4.79 Å². The first-order chi connectivity index (χ1) is 11.3. The predicted octanol–water partition coefficient (Wildman–Crippen LogP) is 3.71. The van der Waals surface area contributed by atoms with E-state index >= 15 is 0 Å². The van der Waals surface area contributed by atoms with Crippen LogP contribution < -0.4 is 11.0 Å². The number of anilines is 1. The summed E-state index contributed by atoms with van der Waals surface area (Å²) in [5, 5.41) is 4.94. The zero-order valence-electron chi connectivity index (χ0n) is 12.4. The van der Waals surface area contributed by atoms with E-state index in [1.807, 2.05) is 66.7 Å². The summed E-state index contributed by atoms with van der Waals surface area (Å²) in [6.07, 6.45) is 5.68. The molecule has 1 aliphatic heterocycles. The topological polar surface area (TPSA) is 54.4 Å². The average molecular weight is 301 g/mol. The van der Waals surface area contributed by atoms with Crippen molar-refractivity contribution in [2.24, 2.45) is 5.10 Å². The van der Waals surface area contributed by atoms with Gasteiger partial charge in [-0.1, -0.05) is 54.6 Å². The molecule has 4 nitrogen and oxygen atoms in total. The minimum absolute atomic E-state index is 0.198. The zero-order valence-corrected chi connectivity index (χ0v) is 12.4. The Labute approximate surface area is 133 Å². The molecule has 1 N–H and O–H groups in total. The summed E-state index contributed by atoms with van der Waals surface area (Å²) in [5.74, 6) is 0.